The summed E-state index contributed by atoms with van der Waals surface area (Å²) in [6.07, 6.45) is -2.29. The summed E-state index contributed by atoms with van der Waals surface area (Å²) in [5.74, 6) is 0.958. The van der Waals surface area contributed by atoms with Gasteiger partial charge in [0.2, 0.25) is 5.95 Å². The van der Waals surface area contributed by atoms with Gasteiger partial charge in [-0.25, -0.2) is 4.68 Å². The van der Waals surface area contributed by atoms with E-state index in [-0.39, 0.29) is 11.6 Å². The summed E-state index contributed by atoms with van der Waals surface area (Å²) in [4.78, 5) is 4.13. The topological polar surface area (TPSA) is 61.2 Å². The Morgan fingerprint density at radius 2 is 1.93 bits per heavy atom. The Balaban J connectivity index is 1.73. The van der Waals surface area contributed by atoms with Crippen LogP contribution in [0.25, 0.3) is 5.69 Å². The van der Waals surface area contributed by atoms with Crippen molar-refractivity contribution >= 4 is 11.6 Å². The number of alkyl halides is 3. The Labute approximate surface area is 166 Å². The number of benzene rings is 2. The number of methoxy groups -OCH3 is 1. The predicted octanol–water partition coefficient (Wildman–Crippen LogP) is 4.75. The van der Waals surface area contributed by atoms with Crippen molar-refractivity contribution in [3.8, 4) is 11.4 Å². The molecular weight excluding hydrogens is 385 g/mol. The molecule has 0 bridgehead atoms. The van der Waals surface area contributed by atoms with Crippen molar-refractivity contribution in [1.82, 2.24) is 14.8 Å². The summed E-state index contributed by atoms with van der Waals surface area (Å²) in [5, 5.41) is 7.27. The molecule has 6 nitrogen and oxygen atoms in total. The fourth-order valence-electron chi connectivity index (χ4n) is 2.70. The van der Waals surface area contributed by atoms with Crippen LogP contribution in [0.5, 0.6) is 5.75 Å². The van der Waals surface area contributed by atoms with Crippen molar-refractivity contribution in [2.45, 2.75) is 19.5 Å². The van der Waals surface area contributed by atoms with Crippen molar-refractivity contribution in [2.24, 2.45) is 0 Å². The number of aryl methyl sites for hydroxylation is 1. The second-order valence-electron chi connectivity index (χ2n) is 6.42. The zero-order valence-electron chi connectivity index (χ0n) is 16.0. The highest BCUT2D eigenvalue weighted by Crippen LogP contribution is 2.30. The predicted molar refractivity (Wildman–Crippen MR) is 103 cm³/mol. The zero-order chi connectivity index (χ0) is 20.9. The lowest BCUT2D eigenvalue weighted by molar-refractivity contribution is -0.137. The standard InChI is InChI=1S/C20H21F3N4O2/c1-14-9-16(12-18(10-14)29-8-4-7-28-2)25-19-24-13-27(26-19)17-6-3-5-15(11-17)20(21,22)23/h3,5-6,9-13H,4,7-8H2,1-2H3,(H,25,26). The van der Waals surface area contributed by atoms with E-state index in [4.69, 9.17) is 9.47 Å². The minimum Gasteiger partial charge on any atom is -0.493 e. The average molecular weight is 406 g/mol. The molecule has 1 heterocycles. The molecule has 0 saturated heterocycles. The molecule has 0 aliphatic heterocycles. The third-order valence-corrected chi connectivity index (χ3v) is 4.00. The monoisotopic (exact) mass is 406 g/mol. The smallest absolute Gasteiger partial charge is 0.416 e. The highest BCUT2D eigenvalue weighted by molar-refractivity contribution is 5.57. The molecule has 0 atom stereocenters. The first-order chi connectivity index (χ1) is 13.8. The van der Waals surface area contributed by atoms with Gasteiger partial charge >= 0.3 is 6.18 Å². The van der Waals surface area contributed by atoms with Crippen LogP contribution < -0.4 is 10.1 Å². The van der Waals surface area contributed by atoms with E-state index in [0.717, 1.165) is 24.1 Å². The zero-order valence-corrected chi connectivity index (χ0v) is 16.0. The lowest BCUT2D eigenvalue weighted by Crippen LogP contribution is -2.06. The Morgan fingerprint density at radius 3 is 2.69 bits per heavy atom. The average Bonchev–Trinajstić information content (AvgIpc) is 3.13. The maximum atomic E-state index is 12.9. The maximum Gasteiger partial charge on any atom is 0.416 e. The fraction of sp³-hybridized carbons (Fsp3) is 0.300. The molecule has 1 N–H and O–H groups in total. The van der Waals surface area contributed by atoms with E-state index in [1.807, 2.05) is 25.1 Å². The number of ether oxygens (including phenoxy) is 2. The van der Waals surface area contributed by atoms with Crippen molar-refractivity contribution in [1.29, 1.82) is 0 Å². The lowest BCUT2D eigenvalue weighted by atomic mass is 10.2. The van der Waals surface area contributed by atoms with Crippen molar-refractivity contribution < 1.29 is 22.6 Å². The number of anilines is 2. The van der Waals surface area contributed by atoms with Gasteiger partial charge in [-0.15, -0.1) is 5.10 Å². The first-order valence-corrected chi connectivity index (χ1v) is 8.95. The minimum absolute atomic E-state index is 0.262. The highest BCUT2D eigenvalue weighted by Gasteiger charge is 2.30. The third kappa shape index (κ3) is 5.71. The van der Waals surface area contributed by atoms with Gasteiger partial charge in [-0.05, 0) is 42.8 Å². The number of hydrogen-bond donors (Lipinski definition) is 1. The van der Waals surface area contributed by atoms with Crippen LogP contribution in [0.1, 0.15) is 17.5 Å². The Kier molecular flexibility index (Phi) is 6.38. The molecule has 1 aromatic heterocycles. The maximum absolute atomic E-state index is 12.9. The largest absolute Gasteiger partial charge is 0.493 e. The summed E-state index contributed by atoms with van der Waals surface area (Å²) in [6.45, 7) is 3.08. The quantitative estimate of drug-likeness (QED) is 0.547. The number of nitrogens with zero attached hydrogens (tertiary/aromatic N) is 3. The number of aromatic nitrogens is 3. The lowest BCUT2D eigenvalue weighted by Gasteiger charge is -2.10. The summed E-state index contributed by atoms with van der Waals surface area (Å²) >= 11 is 0. The van der Waals surface area contributed by atoms with Gasteiger partial charge in [0, 0.05) is 31.9 Å². The molecule has 154 valence electrons. The molecule has 0 fully saturated rings. The SMILES string of the molecule is COCCCOc1cc(C)cc(Nc2ncn(-c3cccc(C(F)(F)F)c3)n2)c1. The van der Waals surface area contributed by atoms with Crippen molar-refractivity contribution in [3.63, 3.8) is 0 Å². The van der Waals surface area contributed by atoms with E-state index in [9.17, 15) is 13.2 Å². The number of halogens is 3. The molecule has 29 heavy (non-hydrogen) atoms. The molecule has 3 aromatic rings. The molecule has 2 aromatic carbocycles. The summed E-state index contributed by atoms with van der Waals surface area (Å²) in [5.41, 5.74) is 1.23. The number of nitrogens with one attached hydrogen (secondary N) is 1. The van der Waals surface area contributed by atoms with Gasteiger partial charge in [0.1, 0.15) is 12.1 Å². The van der Waals surface area contributed by atoms with Crippen LogP contribution >= 0.6 is 0 Å². The summed E-state index contributed by atoms with van der Waals surface area (Å²) in [7, 11) is 1.64. The molecule has 0 amide bonds. The Hall–Kier alpha value is -3.07. The van der Waals surface area contributed by atoms with E-state index in [2.05, 4.69) is 15.4 Å². The van der Waals surface area contributed by atoms with E-state index in [0.29, 0.717) is 24.7 Å². The van der Waals surface area contributed by atoms with Gasteiger partial charge in [0.25, 0.3) is 0 Å². The Morgan fingerprint density at radius 1 is 1.10 bits per heavy atom. The van der Waals surface area contributed by atoms with Crippen LogP contribution in [-0.2, 0) is 10.9 Å². The number of hydrogen-bond acceptors (Lipinski definition) is 5. The van der Waals surface area contributed by atoms with Crippen LogP contribution in [0, 0.1) is 6.92 Å². The summed E-state index contributed by atoms with van der Waals surface area (Å²) in [6, 6.07) is 10.5. The first kappa shape index (κ1) is 20.7. The Bertz CT molecular complexity index is 957. The van der Waals surface area contributed by atoms with Crippen molar-refractivity contribution in [3.05, 3.63) is 59.9 Å². The molecule has 3 rings (SSSR count). The molecule has 0 radical (unpaired) electrons. The van der Waals surface area contributed by atoms with Crippen LogP contribution in [0.4, 0.5) is 24.8 Å². The van der Waals surface area contributed by atoms with Gasteiger partial charge in [0.15, 0.2) is 0 Å². The normalized spacial score (nSPS) is 11.5. The van der Waals surface area contributed by atoms with E-state index in [1.165, 1.54) is 23.1 Å². The van der Waals surface area contributed by atoms with Gasteiger partial charge in [-0.1, -0.05) is 6.07 Å². The van der Waals surface area contributed by atoms with Crippen LogP contribution in [0.2, 0.25) is 0 Å². The van der Waals surface area contributed by atoms with Gasteiger partial charge in [-0.2, -0.15) is 18.2 Å². The summed E-state index contributed by atoms with van der Waals surface area (Å²) < 4.78 is 50.7. The van der Waals surface area contributed by atoms with Crippen LogP contribution in [0.15, 0.2) is 48.8 Å². The second-order valence-corrected chi connectivity index (χ2v) is 6.42. The fourth-order valence-corrected chi connectivity index (χ4v) is 2.70. The highest BCUT2D eigenvalue weighted by atomic mass is 19.4. The molecule has 0 saturated carbocycles. The van der Waals surface area contributed by atoms with Gasteiger partial charge in [0.05, 0.1) is 17.9 Å². The van der Waals surface area contributed by atoms with Crippen LogP contribution in [0.3, 0.4) is 0 Å². The third-order valence-electron chi connectivity index (χ3n) is 4.00. The van der Waals surface area contributed by atoms with E-state index in [1.54, 1.807) is 7.11 Å². The second kappa shape index (κ2) is 8.95. The molecule has 9 heteroatoms. The minimum atomic E-state index is -4.42. The molecule has 0 unspecified atom stereocenters. The first-order valence-electron chi connectivity index (χ1n) is 8.95. The van der Waals surface area contributed by atoms with Gasteiger partial charge in [-0.3, -0.25) is 0 Å². The van der Waals surface area contributed by atoms with Crippen molar-refractivity contribution in [2.75, 3.05) is 25.6 Å². The molecular formula is C20H21F3N4O2. The number of rotatable bonds is 8. The van der Waals surface area contributed by atoms with Gasteiger partial charge < -0.3 is 14.8 Å². The van der Waals surface area contributed by atoms with E-state index < -0.39 is 11.7 Å². The van der Waals surface area contributed by atoms with E-state index >= 15 is 0 Å². The molecule has 0 aliphatic carbocycles. The molecule has 0 spiro atoms. The molecule has 0 aliphatic rings. The van der Waals surface area contributed by atoms with Crippen LogP contribution in [-0.4, -0.2) is 35.1 Å².